The lowest BCUT2D eigenvalue weighted by Gasteiger charge is -2.22. The second-order valence-electron chi connectivity index (χ2n) is 7.51. The van der Waals surface area contributed by atoms with E-state index in [0.717, 1.165) is 24.1 Å². The summed E-state index contributed by atoms with van der Waals surface area (Å²) in [5, 5.41) is 0.681. The Balaban J connectivity index is 1.41. The Hall–Kier alpha value is -1.96. The molecule has 2 unspecified atom stereocenters. The van der Waals surface area contributed by atoms with Crippen LogP contribution < -0.4 is 0 Å². The van der Waals surface area contributed by atoms with Gasteiger partial charge < -0.3 is 4.90 Å². The van der Waals surface area contributed by atoms with E-state index >= 15 is 0 Å². The minimum absolute atomic E-state index is 0.0657. The summed E-state index contributed by atoms with van der Waals surface area (Å²) < 4.78 is 40.2. The van der Waals surface area contributed by atoms with E-state index in [4.69, 9.17) is 11.6 Å². The Morgan fingerprint density at radius 3 is 2.45 bits per heavy atom. The molecule has 2 aromatic carbocycles. The lowest BCUT2D eigenvalue weighted by molar-refractivity contribution is -0.132. The molecule has 0 spiro atoms. The summed E-state index contributed by atoms with van der Waals surface area (Å²) >= 11 is 6.26. The summed E-state index contributed by atoms with van der Waals surface area (Å²) in [7, 11) is -3.70. The molecule has 0 aromatic heterocycles. The van der Waals surface area contributed by atoms with Crippen molar-refractivity contribution in [3.8, 4) is 0 Å². The first kappa shape index (κ1) is 20.3. The molecular formula is C21H22ClFN2O3S. The molecule has 2 aliphatic rings. The van der Waals surface area contributed by atoms with E-state index in [-0.39, 0.29) is 29.2 Å². The lowest BCUT2D eigenvalue weighted by atomic mass is 10.1. The molecule has 1 saturated heterocycles. The Labute approximate surface area is 175 Å². The highest BCUT2D eigenvalue weighted by Crippen LogP contribution is 2.50. The molecule has 2 aromatic rings. The number of benzene rings is 2. The zero-order valence-electron chi connectivity index (χ0n) is 15.8. The molecule has 0 bridgehead atoms. The van der Waals surface area contributed by atoms with Gasteiger partial charge in [-0.05, 0) is 54.7 Å². The Morgan fingerprint density at radius 1 is 1.00 bits per heavy atom. The van der Waals surface area contributed by atoms with Crippen molar-refractivity contribution in [3.05, 3.63) is 64.9 Å². The van der Waals surface area contributed by atoms with Gasteiger partial charge in [0, 0.05) is 37.1 Å². The zero-order valence-corrected chi connectivity index (χ0v) is 17.4. The Morgan fingerprint density at radius 2 is 1.72 bits per heavy atom. The molecule has 4 rings (SSSR count). The van der Waals surface area contributed by atoms with Gasteiger partial charge in [-0.2, -0.15) is 4.31 Å². The van der Waals surface area contributed by atoms with Crippen LogP contribution in [0.25, 0.3) is 0 Å². The van der Waals surface area contributed by atoms with Gasteiger partial charge in [-0.25, -0.2) is 12.8 Å². The molecule has 1 heterocycles. The maximum atomic E-state index is 13.1. The molecule has 1 aliphatic heterocycles. The van der Waals surface area contributed by atoms with Crippen molar-refractivity contribution in [1.82, 2.24) is 9.21 Å². The average molecular weight is 437 g/mol. The van der Waals surface area contributed by atoms with Crippen LogP contribution in [0.4, 0.5) is 4.39 Å². The third-order valence-corrected chi connectivity index (χ3v) is 7.89. The van der Waals surface area contributed by atoms with Gasteiger partial charge >= 0.3 is 0 Å². The van der Waals surface area contributed by atoms with Gasteiger partial charge in [0.15, 0.2) is 0 Å². The largest absolute Gasteiger partial charge is 0.341 e. The molecule has 1 aliphatic carbocycles. The maximum absolute atomic E-state index is 13.1. The van der Waals surface area contributed by atoms with Crippen LogP contribution in [0.3, 0.4) is 0 Å². The zero-order chi connectivity index (χ0) is 20.6. The topological polar surface area (TPSA) is 57.7 Å². The lowest BCUT2D eigenvalue weighted by Crippen LogP contribution is -2.38. The molecule has 154 valence electrons. The fraction of sp³-hybridized carbons (Fsp3) is 0.381. The quantitative estimate of drug-likeness (QED) is 0.737. The van der Waals surface area contributed by atoms with E-state index in [0.29, 0.717) is 31.1 Å². The van der Waals surface area contributed by atoms with Gasteiger partial charge in [-0.15, -0.1) is 0 Å². The molecule has 8 heteroatoms. The SMILES string of the molecule is O=C(C1CC1c1ccccc1Cl)N1CCCN(S(=O)(=O)c2ccc(F)cc2)CC1. The number of sulfonamides is 1. The van der Waals surface area contributed by atoms with E-state index in [1.807, 2.05) is 24.3 Å². The van der Waals surface area contributed by atoms with E-state index in [2.05, 4.69) is 0 Å². The normalized spacial score (nSPS) is 22.9. The molecule has 2 atom stereocenters. The van der Waals surface area contributed by atoms with Gasteiger partial charge in [-0.1, -0.05) is 29.8 Å². The molecule has 1 saturated carbocycles. The van der Waals surface area contributed by atoms with Crippen LogP contribution in [0.15, 0.2) is 53.4 Å². The summed E-state index contributed by atoms with van der Waals surface area (Å²) in [6.45, 7) is 1.45. The van der Waals surface area contributed by atoms with Crippen molar-refractivity contribution in [3.63, 3.8) is 0 Å². The number of hydrogen-bond acceptors (Lipinski definition) is 3. The molecule has 29 heavy (non-hydrogen) atoms. The first-order chi connectivity index (χ1) is 13.9. The number of rotatable bonds is 4. The summed E-state index contributed by atoms with van der Waals surface area (Å²) in [4.78, 5) is 14.8. The standard InChI is InChI=1S/C21H22ClFN2O3S/c22-20-5-2-1-4-17(20)18-14-19(18)21(26)24-10-3-11-25(13-12-24)29(27,28)16-8-6-15(23)7-9-16/h1-2,4-9,18-19H,3,10-14H2. The van der Waals surface area contributed by atoms with Crippen LogP contribution in [-0.2, 0) is 14.8 Å². The molecule has 0 radical (unpaired) electrons. The highest BCUT2D eigenvalue weighted by Gasteiger charge is 2.46. The maximum Gasteiger partial charge on any atom is 0.243 e. The monoisotopic (exact) mass is 436 g/mol. The minimum Gasteiger partial charge on any atom is -0.341 e. The number of carbonyl (C=O) groups excluding carboxylic acids is 1. The molecule has 0 N–H and O–H groups in total. The van der Waals surface area contributed by atoms with Crippen LogP contribution in [0.1, 0.15) is 24.3 Å². The van der Waals surface area contributed by atoms with Gasteiger partial charge in [-0.3, -0.25) is 4.79 Å². The predicted molar refractivity (Wildman–Crippen MR) is 109 cm³/mol. The molecule has 1 amide bonds. The van der Waals surface area contributed by atoms with Crippen LogP contribution in [0, 0.1) is 11.7 Å². The summed E-state index contributed by atoms with van der Waals surface area (Å²) in [5.41, 5.74) is 1.00. The second kappa shape index (κ2) is 8.05. The number of hydrogen-bond donors (Lipinski definition) is 0. The van der Waals surface area contributed by atoms with Crippen molar-refractivity contribution in [2.24, 2.45) is 5.92 Å². The van der Waals surface area contributed by atoms with E-state index < -0.39 is 15.8 Å². The van der Waals surface area contributed by atoms with E-state index in [1.54, 1.807) is 4.90 Å². The Kier molecular flexibility index (Phi) is 5.64. The van der Waals surface area contributed by atoms with Crippen molar-refractivity contribution in [2.45, 2.75) is 23.7 Å². The second-order valence-corrected chi connectivity index (χ2v) is 9.85. The van der Waals surface area contributed by atoms with Crippen molar-refractivity contribution in [2.75, 3.05) is 26.2 Å². The molecular weight excluding hydrogens is 415 g/mol. The first-order valence-electron chi connectivity index (χ1n) is 9.67. The number of carbonyl (C=O) groups is 1. The van der Waals surface area contributed by atoms with E-state index in [1.165, 1.54) is 16.4 Å². The Bertz CT molecular complexity index is 1010. The minimum atomic E-state index is -3.70. The summed E-state index contributed by atoms with van der Waals surface area (Å²) in [5.74, 6) is -0.362. The smallest absolute Gasteiger partial charge is 0.243 e. The molecule has 5 nitrogen and oxygen atoms in total. The van der Waals surface area contributed by atoms with Crippen LogP contribution in [-0.4, -0.2) is 49.7 Å². The van der Waals surface area contributed by atoms with Gasteiger partial charge in [0.05, 0.1) is 4.90 Å². The van der Waals surface area contributed by atoms with Gasteiger partial charge in [0.1, 0.15) is 5.82 Å². The van der Waals surface area contributed by atoms with Crippen molar-refractivity contribution in [1.29, 1.82) is 0 Å². The van der Waals surface area contributed by atoms with Crippen LogP contribution >= 0.6 is 11.6 Å². The summed E-state index contributed by atoms with van der Waals surface area (Å²) in [6, 6.07) is 12.4. The summed E-state index contributed by atoms with van der Waals surface area (Å²) in [6.07, 6.45) is 1.34. The van der Waals surface area contributed by atoms with Gasteiger partial charge in [0.2, 0.25) is 15.9 Å². The number of halogens is 2. The van der Waals surface area contributed by atoms with Crippen LogP contribution in [0.5, 0.6) is 0 Å². The van der Waals surface area contributed by atoms with Gasteiger partial charge in [0.25, 0.3) is 0 Å². The molecule has 2 fully saturated rings. The third-order valence-electron chi connectivity index (χ3n) is 5.63. The fourth-order valence-corrected chi connectivity index (χ4v) is 5.68. The van der Waals surface area contributed by atoms with E-state index in [9.17, 15) is 17.6 Å². The number of nitrogens with zero attached hydrogens (tertiary/aromatic N) is 2. The average Bonchev–Trinajstić information content (AvgIpc) is 3.52. The van der Waals surface area contributed by atoms with Crippen molar-refractivity contribution < 1.29 is 17.6 Å². The predicted octanol–water partition coefficient (Wildman–Crippen LogP) is 3.51. The first-order valence-corrected chi connectivity index (χ1v) is 11.5. The van der Waals surface area contributed by atoms with Crippen molar-refractivity contribution >= 4 is 27.5 Å². The fourth-order valence-electron chi connectivity index (χ4n) is 3.93. The number of amides is 1. The highest BCUT2D eigenvalue weighted by atomic mass is 35.5. The third kappa shape index (κ3) is 4.17. The highest BCUT2D eigenvalue weighted by molar-refractivity contribution is 7.89. The van der Waals surface area contributed by atoms with Crippen LogP contribution in [0.2, 0.25) is 5.02 Å².